The largest absolute Gasteiger partial charge is 0.493 e. The van der Waals surface area contributed by atoms with Crippen molar-refractivity contribution in [2.75, 3.05) is 26.6 Å². The number of nitrogens with one attached hydrogen (secondary N) is 1. The van der Waals surface area contributed by atoms with Crippen LogP contribution in [0.3, 0.4) is 0 Å². The van der Waals surface area contributed by atoms with Crippen LogP contribution < -0.4 is 19.5 Å². The van der Waals surface area contributed by atoms with Gasteiger partial charge in [0.1, 0.15) is 6.33 Å². The van der Waals surface area contributed by atoms with E-state index in [-0.39, 0.29) is 5.92 Å². The number of nitrogens with zero attached hydrogens (tertiary/aromatic N) is 4. The molecule has 2 aromatic heterocycles. The first kappa shape index (κ1) is 20.5. The highest BCUT2D eigenvalue weighted by molar-refractivity contribution is 5.82. The molecule has 2 aromatic carbocycles. The highest BCUT2D eigenvalue weighted by Crippen LogP contribution is 2.39. The van der Waals surface area contributed by atoms with Crippen molar-refractivity contribution in [2.24, 2.45) is 0 Å². The van der Waals surface area contributed by atoms with Gasteiger partial charge in [0.2, 0.25) is 11.7 Å². The van der Waals surface area contributed by atoms with Crippen molar-refractivity contribution in [3.05, 3.63) is 54.6 Å². The van der Waals surface area contributed by atoms with Gasteiger partial charge in [0, 0.05) is 17.5 Å². The van der Waals surface area contributed by atoms with E-state index in [1.54, 1.807) is 27.7 Å². The van der Waals surface area contributed by atoms with E-state index in [4.69, 9.17) is 19.2 Å². The Morgan fingerprint density at radius 1 is 0.935 bits per heavy atom. The van der Waals surface area contributed by atoms with E-state index in [9.17, 15) is 0 Å². The SMILES string of the molecule is COc1cc(-n2cnc(Nc3nc(C(C)C)c4ccccc4n3)c2)cc(OC)c1OC. The standard InChI is InChI=1S/C23H25N5O3/c1-14(2)21-16-8-6-7-9-17(16)25-23(27-21)26-20-12-28(13-24-20)15-10-18(29-3)22(31-5)19(11-15)30-4/h6-14H,1-5H3,(H,25,26,27). The molecule has 4 rings (SSSR count). The minimum Gasteiger partial charge on any atom is -0.493 e. The fourth-order valence-corrected chi connectivity index (χ4v) is 3.46. The Morgan fingerprint density at radius 2 is 1.65 bits per heavy atom. The number of imidazole rings is 1. The molecule has 0 saturated carbocycles. The van der Waals surface area contributed by atoms with Gasteiger partial charge in [-0.3, -0.25) is 0 Å². The minimum atomic E-state index is 0.269. The van der Waals surface area contributed by atoms with E-state index in [0.717, 1.165) is 22.3 Å². The van der Waals surface area contributed by atoms with Crippen LogP contribution in [0.25, 0.3) is 16.6 Å². The Bertz CT molecular complexity index is 1190. The maximum atomic E-state index is 5.45. The van der Waals surface area contributed by atoms with Crippen LogP contribution in [0.1, 0.15) is 25.5 Å². The Labute approximate surface area is 180 Å². The predicted octanol–water partition coefficient (Wildman–Crippen LogP) is 4.71. The number of hydrogen-bond donors (Lipinski definition) is 1. The monoisotopic (exact) mass is 419 g/mol. The molecule has 2 heterocycles. The lowest BCUT2D eigenvalue weighted by atomic mass is 10.0. The van der Waals surface area contributed by atoms with E-state index < -0.39 is 0 Å². The van der Waals surface area contributed by atoms with Crippen LogP contribution in [0.5, 0.6) is 17.2 Å². The molecule has 0 bridgehead atoms. The molecule has 0 fully saturated rings. The van der Waals surface area contributed by atoms with Gasteiger partial charge in [-0.2, -0.15) is 0 Å². The summed E-state index contributed by atoms with van der Waals surface area (Å²) < 4.78 is 18.1. The highest BCUT2D eigenvalue weighted by atomic mass is 16.5. The molecule has 8 nitrogen and oxygen atoms in total. The average molecular weight is 419 g/mol. The van der Waals surface area contributed by atoms with Gasteiger partial charge in [-0.15, -0.1) is 0 Å². The summed E-state index contributed by atoms with van der Waals surface area (Å²) in [7, 11) is 4.75. The molecular formula is C23H25N5O3. The number of fused-ring (bicyclic) bond motifs is 1. The highest BCUT2D eigenvalue weighted by Gasteiger charge is 2.15. The van der Waals surface area contributed by atoms with Crippen molar-refractivity contribution in [2.45, 2.75) is 19.8 Å². The molecule has 0 unspecified atom stereocenters. The summed E-state index contributed by atoms with van der Waals surface area (Å²) in [5.74, 6) is 3.08. The van der Waals surface area contributed by atoms with Crippen LogP contribution in [-0.2, 0) is 0 Å². The smallest absolute Gasteiger partial charge is 0.229 e. The first-order chi connectivity index (χ1) is 15.0. The van der Waals surface area contributed by atoms with Crippen LogP contribution >= 0.6 is 0 Å². The third kappa shape index (κ3) is 3.96. The minimum absolute atomic E-state index is 0.269. The number of methoxy groups -OCH3 is 3. The number of benzene rings is 2. The van der Waals surface area contributed by atoms with Crippen LogP contribution in [0, 0.1) is 0 Å². The zero-order valence-electron chi connectivity index (χ0n) is 18.2. The molecule has 0 radical (unpaired) electrons. The number of rotatable bonds is 7. The number of aromatic nitrogens is 4. The maximum absolute atomic E-state index is 5.45. The second-order valence-corrected chi connectivity index (χ2v) is 7.28. The van der Waals surface area contributed by atoms with Gasteiger partial charge in [-0.05, 0) is 12.0 Å². The fraction of sp³-hybridized carbons (Fsp3) is 0.261. The summed E-state index contributed by atoms with van der Waals surface area (Å²) in [6.07, 6.45) is 3.56. The normalized spacial score (nSPS) is 11.0. The molecule has 0 aliphatic heterocycles. The topological polar surface area (TPSA) is 83.3 Å². The molecule has 8 heteroatoms. The molecule has 0 aliphatic rings. The molecule has 160 valence electrons. The second kappa shape index (κ2) is 8.51. The number of para-hydroxylation sites is 1. The van der Waals surface area contributed by atoms with Gasteiger partial charge in [0.15, 0.2) is 17.3 Å². The van der Waals surface area contributed by atoms with E-state index in [0.29, 0.717) is 29.0 Å². The number of hydrogen-bond acceptors (Lipinski definition) is 7. The van der Waals surface area contributed by atoms with Crippen LogP contribution in [0.15, 0.2) is 48.9 Å². The zero-order valence-corrected chi connectivity index (χ0v) is 18.2. The van der Waals surface area contributed by atoms with E-state index in [1.165, 1.54) is 0 Å². The molecular weight excluding hydrogens is 394 g/mol. The maximum Gasteiger partial charge on any atom is 0.229 e. The molecule has 1 N–H and O–H groups in total. The van der Waals surface area contributed by atoms with Gasteiger partial charge < -0.3 is 24.1 Å². The van der Waals surface area contributed by atoms with Gasteiger partial charge >= 0.3 is 0 Å². The van der Waals surface area contributed by atoms with Gasteiger partial charge in [-0.25, -0.2) is 15.0 Å². The summed E-state index contributed by atoms with van der Waals surface area (Å²) in [4.78, 5) is 13.8. The number of ether oxygens (including phenoxy) is 3. The number of anilines is 2. The van der Waals surface area contributed by atoms with Crippen molar-refractivity contribution in [3.8, 4) is 22.9 Å². The third-order valence-corrected chi connectivity index (χ3v) is 4.95. The van der Waals surface area contributed by atoms with Gasteiger partial charge in [0.25, 0.3) is 0 Å². The molecule has 0 saturated heterocycles. The van der Waals surface area contributed by atoms with Crippen molar-refractivity contribution in [1.82, 2.24) is 19.5 Å². The Kier molecular flexibility index (Phi) is 5.62. The molecule has 0 atom stereocenters. The Morgan fingerprint density at radius 3 is 2.29 bits per heavy atom. The first-order valence-electron chi connectivity index (χ1n) is 9.92. The van der Waals surface area contributed by atoms with Crippen LogP contribution in [-0.4, -0.2) is 40.8 Å². The quantitative estimate of drug-likeness (QED) is 0.464. The lowest BCUT2D eigenvalue weighted by Crippen LogP contribution is -2.03. The average Bonchev–Trinajstić information content (AvgIpc) is 3.25. The fourth-order valence-electron chi connectivity index (χ4n) is 3.46. The molecule has 0 amide bonds. The van der Waals surface area contributed by atoms with Gasteiger partial charge in [-0.1, -0.05) is 32.0 Å². The summed E-state index contributed by atoms with van der Waals surface area (Å²) in [5, 5.41) is 4.28. The van der Waals surface area contributed by atoms with Crippen molar-refractivity contribution in [1.29, 1.82) is 0 Å². The molecule has 0 spiro atoms. The van der Waals surface area contributed by atoms with E-state index >= 15 is 0 Å². The van der Waals surface area contributed by atoms with Crippen molar-refractivity contribution >= 4 is 22.7 Å². The molecule has 31 heavy (non-hydrogen) atoms. The lowest BCUT2D eigenvalue weighted by Gasteiger charge is -2.14. The second-order valence-electron chi connectivity index (χ2n) is 7.28. The summed E-state index contributed by atoms with van der Waals surface area (Å²) in [6.45, 7) is 4.25. The predicted molar refractivity (Wildman–Crippen MR) is 120 cm³/mol. The van der Waals surface area contributed by atoms with E-state index in [1.807, 2.05) is 47.2 Å². The Hall–Kier alpha value is -3.81. The summed E-state index contributed by atoms with van der Waals surface area (Å²) >= 11 is 0. The lowest BCUT2D eigenvalue weighted by molar-refractivity contribution is 0.324. The summed E-state index contributed by atoms with van der Waals surface area (Å²) in [6, 6.07) is 11.7. The van der Waals surface area contributed by atoms with Crippen LogP contribution in [0.4, 0.5) is 11.8 Å². The molecule has 0 aliphatic carbocycles. The van der Waals surface area contributed by atoms with E-state index in [2.05, 4.69) is 29.1 Å². The summed E-state index contributed by atoms with van der Waals surface area (Å²) in [5.41, 5.74) is 2.71. The first-order valence-corrected chi connectivity index (χ1v) is 9.92. The van der Waals surface area contributed by atoms with Crippen molar-refractivity contribution < 1.29 is 14.2 Å². The Balaban J connectivity index is 1.68. The third-order valence-electron chi connectivity index (χ3n) is 4.95. The van der Waals surface area contributed by atoms with Crippen LogP contribution in [0.2, 0.25) is 0 Å². The van der Waals surface area contributed by atoms with Crippen molar-refractivity contribution in [3.63, 3.8) is 0 Å². The zero-order chi connectivity index (χ0) is 22.0. The molecule has 4 aromatic rings. The van der Waals surface area contributed by atoms with Gasteiger partial charge in [0.05, 0.1) is 44.4 Å².